The Morgan fingerprint density at radius 3 is 2.59 bits per heavy atom. The monoisotopic (exact) mass is 332 g/mol. The lowest BCUT2D eigenvalue weighted by Gasteiger charge is -2.32. The van der Waals surface area contributed by atoms with Crippen LogP contribution in [0, 0.1) is 11.6 Å². The Kier molecular flexibility index (Phi) is 6.11. The van der Waals surface area contributed by atoms with Crippen molar-refractivity contribution in [3.63, 3.8) is 0 Å². The van der Waals surface area contributed by atoms with Crippen LogP contribution in [0.1, 0.15) is 29.6 Å². The third kappa shape index (κ3) is 4.15. The van der Waals surface area contributed by atoms with E-state index in [0.717, 1.165) is 18.6 Å². The molecule has 1 aliphatic rings. The Labute approximate surface area is 133 Å². The first-order chi connectivity index (χ1) is 10.5. The van der Waals surface area contributed by atoms with Crippen LogP contribution in [-0.2, 0) is 4.74 Å². The van der Waals surface area contributed by atoms with Crippen LogP contribution in [0.2, 0.25) is 5.02 Å². The van der Waals surface area contributed by atoms with Gasteiger partial charge in [0.25, 0.3) is 5.91 Å². The second-order valence-electron chi connectivity index (χ2n) is 5.25. The maximum absolute atomic E-state index is 13.3. The number of amides is 1. The zero-order chi connectivity index (χ0) is 16.1. The summed E-state index contributed by atoms with van der Waals surface area (Å²) in [6.07, 6.45) is 2.33. The molecule has 0 bridgehead atoms. The predicted octanol–water partition coefficient (Wildman–Crippen LogP) is 2.59. The van der Waals surface area contributed by atoms with Gasteiger partial charge in [0.15, 0.2) is 11.6 Å². The average molecular weight is 333 g/mol. The highest BCUT2D eigenvalue weighted by molar-refractivity contribution is 6.33. The average Bonchev–Trinajstić information content (AvgIpc) is 2.51. The molecular weight excluding hydrogens is 314 g/mol. The van der Waals surface area contributed by atoms with Crippen LogP contribution in [0.5, 0.6) is 0 Å². The first-order valence-electron chi connectivity index (χ1n) is 7.28. The Balaban J connectivity index is 1.94. The Bertz CT molecular complexity index is 535. The molecule has 0 atom stereocenters. The lowest BCUT2D eigenvalue weighted by atomic mass is 10.1. The third-order valence-corrected chi connectivity index (χ3v) is 3.98. The maximum Gasteiger partial charge on any atom is 0.255 e. The van der Waals surface area contributed by atoms with Crippen molar-refractivity contribution in [1.29, 1.82) is 0 Å². The molecule has 0 saturated carbocycles. The summed E-state index contributed by atoms with van der Waals surface area (Å²) in [7, 11) is 0. The van der Waals surface area contributed by atoms with E-state index in [1.165, 1.54) is 0 Å². The molecule has 0 spiro atoms. The van der Waals surface area contributed by atoms with E-state index in [1.54, 1.807) is 4.90 Å². The van der Waals surface area contributed by atoms with E-state index >= 15 is 0 Å². The summed E-state index contributed by atoms with van der Waals surface area (Å²) in [6, 6.07) is 1.68. The van der Waals surface area contributed by atoms with Gasteiger partial charge in [-0.1, -0.05) is 11.6 Å². The molecule has 0 radical (unpaired) electrons. The molecule has 2 N–H and O–H groups in total. The number of piperidine rings is 1. The van der Waals surface area contributed by atoms with E-state index in [4.69, 9.17) is 22.1 Å². The molecule has 4 nitrogen and oxygen atoms in total. The number of halogens is 3. The molecular formula is C15H19ClF2N2O2. The first-order valence-corrected chi connectivity index (χ1v) is 7.66. The Morgan fingerprint density at radius 1 is 1.32 bits per heavy atom. The van der Waals surface area contributed by atoms with Crippen LogP contribution < -0.4 is 5.73 Å². The van der Waals surface area contributed by atoms with Gasteiger partial charge in [0.1, 0.15) is 0 Å². The minimum absolute atomic E-state index is 0.0110. The lowest BCUT2D eigenvalue weighted by molar-refractivity contribution is 0.00844. The number of carbonyl (C=O) groups excluding carboxylic acids is 1. The van der Waals surface area contributed by atoms with E-state index in [1.807, 2.05) is 0 Å². The fourth-order valence-electron chi connectivity index (χ4n) is 2.42. The molecule has 1 heterocycles. The van der Waals surface area contributed by atoms with Crippen molar-refractivity contribution in [2.75, 3.05) is 26.2 Å². The Hall–Kier alpha value is -1.24. The second kappa shape index (κ2) is 7.85. The van der Waals surface area contributed by atoms with E-state index in [9.17, 15) is 13.6 Å². The van der Waals surface area contributed by atoms with Gasteiger partial charge >= 0.3 is 0 Å². The number of rotatable bonds is 5. The number of benzene rings is 1. The number of likely N-dealkylation sites (tertiary alicyclic amines) is 1. The molecule has 1 amide bonds. The molecule has 0 unspecified atom stereocenters. The van der Waals surface area contributed by atoms with Gasteiger partial charge in [0, 0.05) is 19.7 Å². The number of hydrogen-bond acceptors (Lipinski definition) is 3. The number of nitrogens with two attached hydrogens (primary N) is 1. The predicted molar refractivity (Wildman–Crippen MR) is 79.9 cm³/mol. The van der Waals surface area contributed by atoms with Gasteiger partial charge in [-0.05, 0) is 37.9 Å². The molecule has 1 aliphatic heterocycles. The summed E-state index contributed by atoms with van der Waals surface area (Å²) in [5.74, 6) is -2.52. The number of hydrogen-bond donors (Lipinski definition) is 1. The van der Waals surface area contributed by atoms with Crippen LogP contribution in [0.25, 0.3) is 0 Å². The summed E-state index contributed by atoms with van der Waals surface area (Å²) in [5.41, 5.74) is 5.39. The molecule has 122 valence electrons. The van der Waals surface area contributed by atoms with Crippen molar-refractivity contribution in [1.82, 2.24) is 4.90 Å². The third-order valence-electron chi connectivity index (χ3n) is 3.67. The van der Waals surface area contributed by atoms with Crippen molar-refractivity contribution in [2.24, 2.45) is 5.73 Å². The van der Waals surface area contributed by atoms with Gasteiger partial charge < -0.3 is 15.4 Å². The maximum atomic E-state index is 13.3. The lowest BCUT2D eigenvalue weighted by Crippen LogP contribution is -2.41. The van der Waals surface area contributed by atoms with E-state index in [0.29, 0.717) is 39.1 Å². The molecule has 1 aromatic carbocycles. The number of nitrogens with zero attached hydrogens (tertiary/aromatic N) is 1. The SMILES string of the molecule is NCCCOC1CCN(C(=O)c2cc(F)c(F)cc2Cl)CC1. The van der Waals surface area contributed by atoms with E-state index < -0.39 is 11.6 Å². The highest BCUT2D eigenvalue weighted by Gasteiger charge is 2.26. The van der Waals surface area contributed by atoms with E-state index in [2.05, 4.69) is 0 Å². The summed E-state index contributed by atoms with van der Waals surface area (Å²) >= 11 is 5.84. The van der Waals surface area contributed by atoms with Crippen LogP contribution >= 0.6 is 11.6 Å². The Morgan fingerprint density at radius 2 is 1.95 bits per heavy atom. The molecule has 7 heteroatoms. The van der Waals surface area contributed by atoms with Gasteiger partial charge in [-0.2, -0.15) is 0 Å². The van der Waals surface area contributed by atoms with Crippen LogP contribution in [0.4, 0.5) is 8.78 Å². The second-order valence-corrected chi connectivity index (χ2v) is 5.66. The highest BCUT2D eigenvalue weighted by Crippen LogP contribution is 2.23. The van der Waals surface area contributed by atoms with Crippen LogP contribution in [-0.4, -0.2) is 43.2 Å². The van der Waals surface area contributed by atoms with Crippen molar-refractivity contribution in [3.8, 4) is 0 Å². The van der Waals surface area contributed by atoms with Gasteiger partial charge in [-0.15, -0.1) is 0 Å². The molecule has 0 aliphatic carbocycles. The zero-order valence-electron chi connectivity index (χ0n) is 12.2. The van der Waals surface area contributed by atoms with Crippen LogP contribution in [0.3, 0.4) is 0 Å². The van der Waals surface area contributed by atoms with Gasteiger partial charge in [0.05, 0.1) is 16.7 Å². The molecule has 1 saturated heterocycles. The normalized spacial score (nSPS) is 16.1. The first kappa shape index (κ1) is 17.1. The summed E-state index contributed by atoms with van der Waals surface area (Å²) in [5, 5.41) is -0.0785. The number of ether oxygens (including phenoxy) is 1. The minimum Gasteiger partial charge on any atom is -0.378 e. The van der Waals surface area contributed by atoms with Crippen molar-refractivity contribution >= 4 is 17.5 Å². The molecule has 2 rings (SSSR count). The molecule has 0 aromatic heterocycles. The van der Waals surface area contributed by atoms with Crippen molar-refractivity contribution in [3.05, 3.63) is 34.4 Å². The molecule has 1 fully saturated rings. The van der Waals surface area contributed by atoms with Crippen molar-refractivity contribution < 1.29 is 18.3 Å². The van der Waals surface area contributed by atoms with Crippen LogP contribution in [0.15, 0.2) is 12.1 Å². The van der Waals surface area contributed by atoms with Gasteiger partial charge in [0.2, 0.25) is 0 Å². The van der Waals surface area contributed by atoms with Gasteiger partial charge in [-0.25, -0.2) is 8.78 Å². The fourth-order valence-corrected chi connectivity index (χ4v) is 2.65. The standard InChI is InChI=1S/C15H19ClF2N2O2/c16-12-9-14(18)13(17)8-11(12)15(21)20-5-2-10(3-6-20)22-7-1-4-19/h8-10H,1-7,19H2. The number of carbonyl (C=O) groups is 1. The molecule has 1 aromatic rings. The van der Waals surface area contributed by atoms with E-state index in [-0.39, 0.29) is 22.6 Å². The topological polar surface area (TPSA) is 55.6 Å². The summed E-state index contributed by atoms with van der Waals surface area (Å²) in [4.78, 5) is 13.9. The highest BCUT2D eigenvalue weighted by atomic mass is 35.5. The smallest absolute Gasteiger partial charge is 0.255 e. The summed E-state index contributed by atoms with van der Waals surface area (Å²) < 4.78 is 32.0. The largest absolute Gasteiger partial charge is 0.378 e. The zero-order valence-corrected chi connectivity index (χ0v) is 12.9. The van der Waals surface area contributed by atoms with Gasteiger partial charge in [-0.3, -0.25) is 4.79 Å². The van der Waals surface area contributed by atoms with Crippen molar-refractivity contribution in [2.45, 2.75) is 25.4 Å². The quantitative estimate of drug-likeness (QED) is 0.666. The minimum atomic E-state index is -1.08. The molecule has 22 heavy (non-hydrogen) atoms. The fraction of sp³-hybridized carbons (Fsp3) is 0.533. The summed E-state index contributed by atoms with van der Waals surface area (Å²) in [6.45, 7) is 2.21.